The molecule has 2 aromatic rings. The summed E-state index contributed by atoms with van der Waals surface area (Å²) in [6, 6.07) is 1.95. The largest absolute Gasteiger partial charge is 0.363 e. The summed E-state index contributed by atoms with van der Waals surface area (Å²) in [7, 11) is 4.02. The van der Waals surface area contributed by atoms with Gasteiger partial charge in [-0.15, -0.1) is 0 Å². The molecule has 7 nitrogen and oxygen atoms in total. The van der Waals surface area contributed by atoms with Crippen LogP contribution in [0.15, 0.2) is 18.6 Å². The molecule has 0 aromatic carbocycles. The van der Waals surface area contributed by atoms with Crippen LogP contribution >= 0.6 is 0 Å². The summed E-state index contributed by atoms with van der Waals surface area (Å²) >= 11 is 0. The number of nitrogens with zero attached hydrogens (tertiary/aromatic N) is 7. The molecule has 0 spiro atoms. The zero-order valence-electron chi connectivity index (χ0n) is 15.3. The topological polar surface area (TPSA) is 61.3 Å². The van der Waals surface area contributed by atoms with Gasteiger partial charge in [-0.25, -0.2) is 15.0 Å². The fourth-order valence-electron chi connectivity index (χ4n) is 3.91. The molecule has 2 aromatic heterocycles. The van der Waals surface area contributed by atoms with Crippen LogP contribution in [0.1, 0.15) is 11.3 Å². The Morgan fingerprint density at radius 1 is 0.960 bits per heavy atom. The lowest BCUT2D eigenvalue weighted by atomic mass is 10.0. The van der Waals surface area contributed by atoms with Crippen molar-refractivity contribution in [3.05, 3.63) is 29.8 Å². The quantitative estimate of drug-likeness (QED) is 0.840. The molecule has 2 saturated heterocycles. The number of aromatic nitrogens is 4. The first-order chi connectivity index (χ1) is 12.0. The van der Waals surface area contributed by atoms with Gasteiger partial charge in [0.1, 0.15) is 18.0 Å². The Labute approximate surface area is 148 Å². The van der Waals surface area contributed by atoms with E-state index in [9.17, 15) is 0 Å². The lowest BCUT2D eigenvalue weighted by Gasteiger charge is -2.24. The summed E-state index contributed by atoms with van der Waals surface area (Å²) in [5, 5.41) is 0. The van der Waals surface area contributed by atoms with Gasteiger partial charge in [-0.3, -0.25) is 0 Å². The first kappa shape index (κ1) is 16.1. The van der Waals surface area contributed by atoms with E-state index >= 15 is 0 Å². The van der Waals surface area contributed by atoms with Crippen LogP contribution < -0.4 is 14.7 Å². The van der Waals surface area contributed by atoms with Crippen LogP contribution in [-0.2, 0) is 0 Å². The summed E-state index contributed by atoms with van der Waals surface area (Å²) in [6.07, 6.45) is 3.53. The average Bonchev–Trinajstić information content (AvgIpc) is 3.16. The van der Waals surface area contributed by atoms with E-state index in [-0.39, 0.29) is 0 Å². The van der Waals surface area contributed by atoms with Gasteiger partial charge in [0.25, 0.3) is 0 Å². The van der Waals surface area contributed by atoms with Crippen molar-refractivity contribution in [3.63, 3.8) is 0 Å². The van der Waals surface area contributed by atoms with Crippen molar-refractivity contribution in [3.8, 4) is 0 Å². The average molecular weight is 339 g/mol. The molecule has 2 aliphatic rings. The predicted octanol–water partition coefficient (Wildman–Crippen LogP) is 1.52. The molecule has 0 amide bonds. The van der Waals surface area contributed by atoms with E-state index in [1.165, 1.54) is 5.56 Å². The van der Waals surface area contributed by atoms with Gasteiger partial charge in [0.2, 0.25) is 5.95 Å². The van der Waals surface area contributed by atoms with Crippen LogP contribution in [-0.4, -0.2) is 60.2 Å². The molecule has 2 aliphatic heterocycles. The molecule has 25 heavy (non-hydrogen) atoms. The number of rotatable bonds is 3. The standard InChI is InChI=1S/C18H25N7/c1-12-13(2)20-11-21-17(12)24-7-14-9-25(10-15(14)8-24)18-19-6-5-16(22-18)23(3)4/h5-6,11,14-15H,7-10H2,1-4H3. The van der Waals surface area contributed by atoms with Crippen molar-refractivity contribution in [2.75, 3.05) is 55.0 Å². The molecule has 0 aliphatic carbocycles. The Balaban J connectivity index is 1.47. The second-order valence-electron chi connectivity index (χ2n) is 7.35. The van der Waals surface area contributed by atoms with Crippen molar-refractivity contribution >= 4 is 17.6 Å². The van der Waals surface area contributed by atoms with E-state index < -0.39 is 0 Å². The van der Waals surface area contributed by atoms with Gasteiger partial charge in [0.05, 0.1) is 0 Å². The molecule has 4 rings (SSSR count). The molecule has 0 saturated carbocycles. The van der Waals surface area contributed by atoms with E-state index in [0.29, 0.717) is 11.8 Å². The van der Waals surface area contributed by atoms with Crippen LogP contribution in [0.3, 0.4) is 0 Å². The monoisotopic (exact) mass is 339 g/mol. The minimum atomic E-state index is 0.640. The minimum absolute atomic E-state index is 0.640. The zero-order chi connectivity index (χ0) is 17.6. The Morgan fingerprint density at radius 3 is 2.32 bits per heavy atom. The normalized spacial score (nSPS) is 22.4. The lowest BCUT2D eigenvalue weighted by Crippen LogP contribution is -2.31. The zero-order valence-corrected chi connectivity index (χ0v) is 15.3. The molecule has 2 atom stereocenters. The molecule has 132 valence electrons. The molecule has 2 fully saturated rings. The maximum atomic E-state index is 4.69. The molecular weight excluding hydrogens is 314 g/mol. The van der Waals surface area contributed by atoms with Crippen molar-refractivity contribution in [1.82, 2.24) is 19.9 Å². The van der Waals surface area contributed by atoms with Crippen molar-refractivity contribution in [2.45, 2.75) is 13.8 Å². The van der Waals surface area contributed by atoms with E-state index in [4.69, 9.17) is 4.98 Å². The summed E-state index contributed by atoms with van der Waals surface area (Å²) < 4.78 is 0. The third-order valence-electron chi connectivity index (χ3n) is 5.46. The molecule has 2 unspecified atom stereocenters. The fraction of sp³-hybridized carbons (Fsp3) is 0.556. The van der Waals surface area contributed by atoms with Gasteiger partial charge in [0.15, 0.2) is 0 Å². The number of hydrogen-bond acceptors (Lipinski definition) is 7. The van der Waals surface area contributed by atoms with E-state index in [0.717, 1.165) is 49.5 Å². The van der Waals surface area contributed by atoms with Gasteiger partial charge < -0.3 is 14.7 Å². The Hall–Kier alpha value is -2.44. The van der Waals surface area contributed by atoms with Gasteiger partial charge in [-0.1, -0.05) is 0 Å². The van der Waals surface area contributed by atoms with Crippen LogP contribution in [0.2, 0.25) is 0 Å². The van der Waals surface area contributed by atoms with Crippen LogP contribution in [0.25, 0.3) is 0 Å². The highest BCUT2D eigenvalue weighted by atomic mass is 15.3. The summed E-state index contributed by atoms with van der Waals surface area (Å²) in [5.74, 6) is 4.18. The minimum Gasteiger partial charge on any atom is -0.363 e. The SMILES string of the molecule is Cc1ncnc(N2CC3CN(c4nccc(N(C)C)n4)CC3C2)c1C. The third kappa shape index (κ3) is 2.88. The van der Waals surface area contributed by atoms with Crippen molar-refractivity contribution in [2.24, 2.45) is 11.8 Å². The van der Waals surface area contributed by atoms with Gasteiger partial charge >= 0.3 is 0 Å². The smallest absolute Gasteiger partial charge is 0.227 e. The first-order valence-electron chi connectivity index (χ1n) is 8.81. The third-order valence-corrected chi connectivity index (χ3v) is 5.46. The molecule has 0 N–H and O–H groups in total. The summed E-state index contributed by atoms with van der Waals surface area (Å²) in [4.78, 5) is 24.8. The predicted molar refractivity (Wildman–Crippen MR) is 99.3 cm³/mol. The Kier molecular flexibility index (Phi) is 3.94. The van der Waals surface area contributed by atoms with Crippen LogP contribution in [0.5, 0.6) is 0 Å². The van der Waals surface area contributed by atoms with Gasteiger partial charge in [0, 0.05) is 69.6 Å². The van der Waals surface area contributed by atoms with Gasteiger partial charge in [-0.2, -0.15) is 4.98 Å². The lowest BCUT2D eigenvalue weighted by molar-refractivity contribution is 0.533. The molecule has 4 heterocycles. The van der Waals surface area contributed by atoms with Crippen molar-refractivity contribution < 1.29 is 0 Å². The van der Waals surface area contributed by atoms with Crippen molar-refractivity contribution in [1.29, 1.82) is 0 Å². The maximum absolute atomic E-state index is 4.69. The summed E-state index contributed by atoms with van der Waals surface area (Å²) in [6.45, 7) is 8.29. The number of hydrogen-bond donors (Lipinski definition) is 0. The molecular formula is C18H25N7. The number of fused-ring (bicyclic) bond motifs is 1. The highest BCUT2D eigenvalue weighted by molar-refractivity contribution is 5.50. The first-order valence-corrected chi connectivity index (χ1v) is 8.81. The fourth-order valence-corrected chi connectivity index (χ4v) is 3.91. The van der Waals surface area contributed by atoms with Crippen LogP contribution in [0, 0.1) is 25.7 Å². The molecule has 0 radical (unpaired) electrons. The maximum Gasteiger partial charge on any atom is 0.227 e. The highest BCUT2D eigenvalue weighted by Crippen LogP contribution is 2.35. The second kappa shape index (κ2) is 6.13. The highest BCUT2D eigenvalue weighted by Gasteiger charge is 2.41. The van der Waals surface area contributed by atoms with Gasteiger partial charge in [-0.05, 0) is 19.9 Å². The summed E-state index contributed by atoms with van der Waals surface area (Å²) in [5.41, 5.74) is 2.26. The number of anilines is 3. The van der Waals surface area contributed by atoms with E-state index in [1.807, 2.05) is 38.2 Å². The van der Waals surface area contributed by atoms with E-state index in [2.05, 4.69) is 31.7 Å². The second-order valence-corrected chi connectivity index (χ2v) is 7.35. The molecule has 7 heteroatoms. The Bertz CT molecular complexity index is 762. The molecule has 0 bridgehead atoms. The van der Waals surface area contributed by atoms with Crippen LogP contribution in [0.4, 0.5) is 17.6 Å². The Morgan fingerprint density at radius 2 is 1.64 bits per heavy atom. The van der Waals surface area contributed by atoms with E-state index in [1.54, 1.807) is 6.33 Å². The number of aryl methyl sites for hydroxylation is 1.